The van der Waals surface area contributed by atoms with Gasteiger partial charge in [-0.15, -0.1) is 0 Å². The molecule has 1 aliphatic heterocycles. The molecule has 172 valence electrons. The van der Waals surface area contributed by atoms with Crippen molar-refractivity contribution in [3.05, 3.63) is 70.8 Å². The Hall–Kier alpha value is -2.86. The molecule has 32 heavy (non-hydrogen) atoms. The van der Waals surface area contributed by atoms with Gasteiger partial charge in [-0.2, -0.15) is 0 Å². The maximum absolute atomic E-state index is 11.8. The SMILES string of the molecule is CN=C(NCCc1cccc(C(=O)NC)c1)NCc1ccccc1CN1CCC(C)CC1. The molecule has 2 aromatic carbocycles. The van der Waals surface area contributed by atoms with Gasteiger partial charge in [0.1, 0.15) is 0 Å². The van der Waals surface area contributed by atoms with Crippen LogP contribution in [0.3, 0.4) is 0 Å². The predicted molar refractivity (Wildman–Crippen MR) is 132 cm³/mol. The van der Waals surface area contributed by atoms with Crippen molar-refractivity contribution < 1.29 is 4.79 Å². The van der Waals surface area contributed by atoms with E-state index in [1.54, 1.807) is 14.1 Å². The van der Waals surface area contributed by atoms with Crippen LogP contribution in [0.5, 0.6) is 0 Å². The lowest BCUT2D eigenvalue weighted by atomic mass is 9.98. The van der Waals surface area contributed by atoms with Crippen LogP contribution in [0.1, 0.15) is 46.8 Å². The fraction of sp³-hybridized carbons (Fsp3) is 0.462. The fourth-order valence-electron chi connectivity index (χ4n) is 4.08. The predicted octanol–water partition coefficient (Wildman–Crippen LogP) is 3.19. The van der Waals surface area contributed by atoms with E-state index in [9.17, 15) is 4.79 Å². The molecule has 3 rings (SSSR count). The van der Waals surface area contributed by atoms with Crippen molar-refractivity contribution >= 4 is 11.9 Å². The number of benzene rings is 2. The molecule has 1 heterocycles. The molecule has 1 saturated heterocycles. The van der Waals surface area contributed by atoms with E-state index in [1.807, 2.05) is 24.3 Å². The topological polar surface area (TPSA) is 68.8 Å². The van der Waals surface area contributed by atoms with Crippen LogP contribution in [0.25, 0.3) is 0 Å². The first kappa shape index (κ1) is 23.8. The highest BCUT2D eigenvalue weighted by molar-refractivity contribution is 5.94. The van der Waals surface area contributed by atoms with E-state index in [0.29, 0.717) is 5.56 Å². The summed E-state index contributed by atoms with van der Waals surface area (Å²) in [6.07, 6.45) is 3.40. The lowest BCUT2D eigenvalue weighted by molar-refractivity contribution is 0.0963. The lowest BCUT2D eigenvalue weighted by Gasteiger charge is -2.30. The number of nitrogens with one attached hydrogen (secondary N) is 3. The van der Waals surface area contributed by atoms with Gasteiger partial charge in [-0.25, -0.2) is 0 Å². The average Bonchev–Trinajstić information content (AvgIpc) is 2.83. The van der Waals surface area contributed by atoms with Gasteiger partial charge >= 0.3 is 0 Å². The Morgan fingerprint density at radius 2 is 1.81 bits per heavy atom. The molecule has 0 bridgehead atoms. The fourth-order valence-corrected chi connectivity index (χ4v) is 4.08. The first-order valence-electron chi connectivity index (χ1n) is 11.6. The lowest BCUT2D eigenvalue weighted by Crippen LogP contribution is -2.38. The van der Waals surface area contributed by atoms with E-state index in [2.05, 4.69) is 57.0 Å². The zero-order valence-corrected chi connectivity index (χ0v) is 19.7. The highest BCUT2D eigenvalue weighted by Crippen LogP contribution is 2.19. The molecule has 1 aliphatic rings. The number of hydrogen-bond donors (Lipinski definition) is 3. The van der Waals surface area contributed by atoms with E-state index in [4.69, 9.17) is 0 Å². The molecule has 6 nitrogen and oxygen atoms in total. The molecule has 0 radical (unpaired) electrons. The molecular formula is C26H37N5O. The summed E-state index contributed by atoms with van der Waals surface area (Å²) in [4.78, 5) is 18.8. The van der Waals surface area contributed by atoms with Gasteiger partial charge < -0.3 is 16.0 Å². The van der Waals surface area contributed by atoms with Gasteiger partial charge in [0, 0.05) is 39.3 Å². The number of nitrogens with zero attached hydrogens (tertiary/aromatic N) is 2. The number of carbonyl (C=O) groups excluding carboxylic acids is 1. The third-order valence-corrected chi connectivity index (χ3v) is 6.18. The summed E-state index contributed by atoms with van der Waals surface area (Å²) < 4.78 is 0. The standard InChI is InChI=1S/C26H37N5O/c1-20-12-15-31(16-13-20)19-24-9-5-4-8-23(24)18-30-26(28-3)29-14-11-21-7-6-10-22(17-21)25(32)27-2/h4-10,17,20H,11-16,18-19H2,1-3H3,(H,27,32)(H2,28,29,30). The monoisotopic (exact) mass is 435 g/mol. The van der Waals surface area contributed by atoms with E-state index in [1.165, 1.54) is 37.1 Å². The summed E-state index contributed by atoms with van der Waals surface area (Å²) >= 11 is 0. The zero-order chi connectivity index (χ0) is 22.8. The minimum atomic E-state index is -0.0602. The molecule has 0 atom stereocenters. The molecule has 0 saturated carbocycles. The van der Waals surface area contributed by atoms with Crippen molar-refractivity contribution in [2.45, 2.75) is 39.3 Å². The third-order valence-electron chi connectivity index (χ3n) is 6.18. The number of hydrogen-bond acceptors (Lipinski definition) is 3. The molecule has 0 aliphatic carbocycles. The van der Waals surface area contributed by atoms with Crippen LogP contribution in [0.15, 0.2) is 53.5 Å². The van der Waals surface area contributed by atoms with Gasteiger partial charge in [0.25, 0.3) is 5.91 Å². The molecular weight excluding hydrogens is 398 g/mol. The number of piperidine rings is 1. The zero-order valence-electron chi connectivity index (χ0n) is 19.7. The van der Waals surface area contributed by atoms with Gasteiger partial charge in [-0.05, 0) is 67.1 Å². The Morgan fingerprint density at radius 1 is 1.06 bits per heavy atom. The van der Waals surface area contributed by atoms with Crippen molar-refractivity contribution in [3.63, 3.8) is 0 Å². The van der Waals surface area contributed by atoms with Gasteiger partial charge in [-0.1, -0.05) is 43.3 Å². The minimum absolute atomic E-state index is 0.0602. The molecule has 1 amide bonds. The summed E-state index contributed by atoms with van der Waals surface area (Å²) in [5.74, 6) is 1.58. The average molecular weight is 436 g/mol. The van der Waals surface area contributed by atoms with Crippen LogP contribution in [0.2, 0.25) is 0 Å². The number of likely N-dealkylation sites (tertiary alicyclic amines) is 1. The quantitative estimate of drug-likeness (QED) is 0.440. The number of rotatable bonds is 8. The van der Waals surface area contributed by atoms with E-state index in [0.717, 1.165) is 43.5 Å². The minimum Gasteiger partial charge on any atom is -0.356 e. The van der Waals surface area contributed by atoms with Gasteiger partial charge in [0.05, 0.1) is 0 Å². The highest BCUT2D eigenvalue weighted by atomic mass is 16.1. The molecule has 3 N–H and O–H groups in total. The molecule has 6 heteroatoms. The van der Waals surface area contributed by atoms with E-state index in [-0.39, 0.29) is 5.91 Å². The van der Waals surface area contributed by atoms with Crippen molar-refractivity contribution in [2.24, 2.45) is 10.9 Å². The van der Waals surface area contributed by atoms with E-state index < -0.39 is 0 Å². The molecule has 2 aromatic rings. The molecule has 0 spiro atoms. The van der Waals surface area contributed by atoms with Gasteiger partial charge in [-0.3, -0.25) is 14.7 Å². The first-order valence-corrected chi connectivity index (χ1v) is 11.6. The van der Waals surface area contributed by atoms with Crippen LogP contribution in [0.4, 0.5) is 0 Å². The summed E-state index contributed by atoms with van der Waals surface area (Å²) in [6, 6.07) is 16.4. The van der Waals surface area contributed by atoms with Crippen molar-refractivity contribution in [1.82, 2.24) is 20.9 Å². The Labute approximate surface area is 192 Å². The Balaban J connectivity index is 1.49. The summed E-state index contributed by atoms with van der Waals surface area (Å²) in [7, 11) is 3.44. The number of guanidine groups is 1. The van der Waals surface area contributed by atoms with Crippen molar-refractivity contribution in [1.29, 1.82) is 0 Å². The highest BCUT2D eigenvalue weighted by Gasteiger charge is 2.16. The third kappa shape index (κ3) is 7.09. The summed E-state index contributed by atoms with van der Waals surface area (Å²) in [5, 5.41) is 9.51. The van der Waals surface area contributed by atoms with Gasteiger partial charge in [0.2, 0.25) is 0 Å². The van der Waals surface area contributed by atoms with Crippen molar-refractivity contribution in [2.75, 3.05) is 33.7 Å². The molecule has 1 fully saturated rings. The Bertz CT molecular complexity index is 903. The van der Waals surface area contributed by atoms with Crippen LogP contribution in [-0.2, 0) is 19.5 Å². The summed E-state index contributed by atoms with van der Waals surface area (Å²) in [5.41, 5.74) is 4.51. The Kier molecular flexibility index (Phi) is 9.11. The maximum Gasteiger partial charge on any atom is 0.251 e. The van der Waals surface area contributed by atoms with Crippen LogP contribution in [-0.4, -0.2) is 50.5 Å². The van der Waals surface area contributed by atoms with Crippen molar-refractivity contribution in [3.8, 4) is 0 Å². The Morgan fingerprint density at radius 3 is 2.53 bits per heavy atom. The first-order chi connectivity index (χ1) is 15.6. The molecule has 0 unspecified atom stereocenters. The van der Waals surface area contributed by atoms with E-state index >= 15 is 0 Å². The second-order valence-electron chi connectivity index (χ2n) is 8.61. The largest absolute Gasteiger partial charge is 0.356 e. The van der Waals surface area contributed by atoms with Gasteiger partial charge in [0.15, 0.2) is 5.96 Å². The normalized spacial score (nSPS) is 15.4. The second-order valence-corrected chi connectivity index (χ2v) is 8.61. The van der Waals surface area contributed by atoms with Crippen LogP contribution in [0, 0.1) is 5.92 Å². The van der Waals surface area contributed by atoms with Crippen LogP contribution < -0.4 is 16.0 Å². The number of carbonyl (C=O) groups is 1. The summed E-state index contributed by atoms with van der Waals surface area (Å²) in [6.45, 7) is 7.22. The smallest absolute Gasteiger partial charge is 0.251 e. The maximum atomic E-state index is 11.8. The second kappa shape index (κ2) is 12.2. The number of amides is 1. The van der Waals surface area contributed by atoms with Crippen LogP contribution >= 0.6 is 0 Å². The number of aliphatic imine (C=N–C) groups is 1. The molecule has 0 aromatic heterocycles.